The number of sulfonamides is 1. The lowest BCUT2D eigenvalue weighted by Crippen LogP contribution is -2.52. The van der Waals surface area contributed by atoms with Crippen LogP contribution in [0.4, 0.5) is 0 Å². The molecule has 1 aromatic carbocycles. The number of nitrogens with one attached hydrogen (secondary N) is 1. The van der Waals surface area contributed by atoms with Crippen molar-refractivity contribution in [1.29, 1.82) is 0 Å². The molecule has 6 heteroatoms. The summed E-state index contributed by atoms with van der Waals surface area (Å²) in [7, 11) is -3.64. The van der Waals surface area contributed by atoms with Gasteiger partial charge in [-0.05, 0) is 43.9 Å². The van der Waals surface area contributed by atoms with Crippen molar-refractivity contribution in [3.8, 4) is 0 Å². The second-order valence-corrected chi connectivity index (χ2v) is 7.89. The fourth-order valence-corrected chi connectivity index (χ4v) is 4.25. The summed E-state index contributed by atoms with van der Waals surface area (Å²) in [6.07, 6.45) is 0.669. The number of nitrogens with two attached hydrogens (primary N) is 1. The van der Waals surface area contributed by atoms with E-state index in [4.69, 9.17) is 17.3 Å². The van der Waals surface area contributed by atoms with Crippen LogP contribution in [-0.4, -0.2) is 20.5 Å². The van der Waals surface area contributed by atoms with Crippen LogP contribution in [-0.2, 0) is 10.0 Å². The van der Waals surface area contributed by atoms with Crippen LogP contribution < -0.4 is 10.5 Å². The Hall–Kier alpha value is -0.620. The molecule has 0 saturated heterocycles. The number of halogens is 1. The molecule has 1 rings (SSSR count). The van der Waals surface area contributed by atoms with Crippen LogP contribution in [0.25, 0.3) is 0 Å². The van der Waals surface area contributed by atoms with Gasteiger partial charge in [-0.3, -0.25) is 0 Å². The Balaban J connectivity index is 3.14. The van der Waals surface area contributed by atoms with E-state index < -0.39 is 15.6 Å². The van der Waals surface area contributed by atoms with Gasteiger partial charge < -0.3 is 5.73 Å². The molecule has 0 aliphatic rings. The Morgan fingerprint density at radius 2 is 2.00 bits per heavy atom. The first-order valence-electron chi connectivity index (χ1n) is 6.60. The van der Waals surface area contributed by atoms with Crippen LogP contribution in [0.15, 0.2) is 23.1 Å². The molecule has 0 spiro atoms. The summed E-state index contributed by atoms with van der Waals surface area (Å²) < 4.78 is 27.8. The van der Waals surface area contributed by atoms with Gasteiger partial charge in [-0.2, -0.15) is 0 Å². The monoisotopic (exact) mass is 318 g/mol. The third-order valence-corrected chi connectivity index (χ3v) is 5.39. The van der Waals surface area contributed by atoms with Crippen molar-refractivity contribution >= 4 is 21.6 Å². The number of rotatable bonds is 6. The van der Waals surface area contributed by atoms with Crippen LogP contribution in [0, 0.1) is 12.8 Å². The van der Waals surface area contributed by atoms with Gasteiger partial charge in [0.1, 0.15) is 0 Å². The zero-order chi connectivity index (χ0) is 15.6. The molecule has 0 fully saturated rings. The predicted molar refractivity (Wildman–Crippen MR) is 83.4 cm³/mol. The van der Waals surface area contributed by atoms with Crippen molar-refractivity contribution in [3.63, 3.8) is 0 Å². The number of hydrogen-bond donors (Lipinski definition) is 2. The van der Waals surface area contributed by atoms with E-state index in [1.165, 1.54) is 0 Å². The maximum atomic E-state index is 12.5. The average Bonchev–Trinajstić information content (AvgIpc) is 2.30. The highest BCUT2D eigenvalue weighted by molar-refractivity contribution is 7.89. The summed E-state index contributed by atoms with van der Waals surface area (Å²) in [5.41, 5.74) is 5.64. The molecule has 0 aromatic heterocycles. The summed E-state index contributed by atoms with van der Waals surface area (Å²) >= 11 is 5.99. The van der Waals surface area contributed by atoms with E-state index >= 15 is 0 Å². The van der Waals surface area contributed by atoms with Crippen molar-refractivity contribution in [2.75, 3.05) is 6.54 Å². The van der Waals surface area contributed by atoms with E-state index in [1.54, 1.807) is 25.1 Å². The van der Waals surface area contributed by atoms with Crippen molar-refractivity contribution in [1.82, 2.24) is 4.72 Å². The second kappa shape index (κ2) is 6.43. The van der Waals surface area contributed by atoms with E-state index in [0.717, 1.165) is 0 Å². The predicted octanol–water partition coefficient (Wildman–Crippen LogP) is 2.69. The summed E-state index contributed by atoms with van der Waals surface area (Å²) in [6, 6.07) is 4.86. The standard InChI is InChI=1S/C14H23ClN2O2S/c1-10(2)8-14(4,9-16)17-20(18,19)13-7-5-6-12(15)11(13)3/h5-7,10,17H,8-9,16H2,1-4H3. The topological polar surface area (TPSA) is 72.2 Å². The van der Waals surface area contributed by atoms with Crippen LogP contribution in [0.1, 0.15) is 32.8 Å². The first kappa shape index (κ1) is 17.4. The molecule has 1 unspecified atom stereocenters. The summed E-state index contributed by atoms with van der Waals surface area (Å²) in [4.78, 5) is 0.202. The zero-order valence-electron chi connectivity index (χ0n) is 12.4. The minimum Gasteiger partial charge on any atom is -0.329 e. The lowest BCUT2D eigenvalue weighted by molar-refractivity contribution is 0.344. The molecule has 3 N–H and O–H groups in total. The summed E-state index contributed by atoms with van der Waals surface area (Å²) in [6.45, 7) is 7.83. The number of hydrogen-bond acceptors (Lipinski definition) is 3. The smallest absolute Gasteiger partial charge is 0.241 e. The van der Waals surface area contributed by atoms with Gasteiger partial charge in [-0.1, -0.05) is 31.5 Å². The molecular formula is C14H23ClN2O2S. The Morgan fingerprint density at radius 1 is 1.40 bits per heavy atom. The average molecular weight is 319 g/mol. The molecule has 114 valence electrons. The maximum absolute atomic E-state index is 12.5. The Bertz CT molecular complexity index is 573. The van der Waals surface area contributed by atoms with Crippen LogP contribution in [0.3, 0.4) is 0 Å². The summed E-state index contributed by atoms with van der Waals surface area (Å²) in [5.74, 6) is 0.340. The molecule has 0 aliphatic heterocycles. The maximum Gasteiger partial charge on any atom is 0.241 e. The first-order chi connectivity index (χ1) is 9.11. The van der Waals surface area contributed by atoms with Crippen molar-refractivity contribution in [2.24, 2.45) is 11.7 Å². The van der Waals surface area contributed by atoms with E-state index in [2.05, 4.69) is 4.72 Å². The highest BCUT2D eigenvalue weighted by Gasteiger charge is 2.31. The van der Waals surface area contributed by atoms with Gasteiger partial charge in [-0.15, -0.1) is 0 Å². The molecule has 0 radical (unpaired) electrons. The Kier molecular flexibility index (Phi) is 5.61. The highest BCUT2D eigenvalue weighted by Crippen LogP contribution is 2.25. The molecule has 1 atom stereocenters. The molecule has 0 saturated carbocycles. The second-order valence-electron chi connectivity index (χ2n) is 5.83. The lowest BCUT2D eigenvalue weighted by atomic mass is 9.92. The summed E-state index contributed by atoms with van der Waals surface area (Å²) in [5, 5.41) is 0.436. The van der Waals surface area contributed by atoms with Gasteiger partial charge in [0.05, 0.1) is 4.90 Å². The molecule has 0 aliphatic carbocycles. The quantitative estimate of drug-likeness (QED) is 0.847. The van der Waals surface area contributed by atoms with E-state index in [9.17, 15) is 8.42 Å². The molecule has 1 aromatic rings. The Morgan fingerprint density at radius 3 is 2.50 bits per heavy atom. The third kappa shape index (κ3) is 4.19. The SMILES string of the molecule is Cc1c(Cl)cccc1S(=O)(=O)NC(C)(CN)CC(C)C. The van der Waals surface area contributed by atoms with Crippen LogP contribution >= 0.6 is 11.6 Å². The van der Waals surface area contributed by atoms with Gasteiger partial charge in [-0.25, -0.2) is 13.1 Å². The van der Waals surface area contributed by atoms with Gasteiger partial charge in [0.15, 0.2) is 0 Å². The number of benzene rings is 1. The fourth-order valence-electron chi connectivity index (χ4n) is 2.33. The van der Waals surface area contributed by atoms with E-state index in [1.807, 2.05) is 20.8 Å². The zero-order valence-corrected chi connectivity index (χ0v) is 14.0. The molecule has 20 heavy (non-hydrogen) atoms. The van der Waals surface area contributed by atoms with Gasteiger partial charge in [0, 0.05) is 17.1 Å². The normalized spacial score (nSPS) is 15.3. The minimum absolute atomic E-state index is 0.202. The molecule has 0 amide bonds. The van der Waals surface area contributed by atoms with Gasteiger partial charge in [0.2, 0.25) is 10.0 Å². The van der Waals surface area contributed by atoms with Crippen molar-refractivity contribution in [2.45, 2.75) is 44.6 Å². The molecule has 0 heterocycles. The van der Waals surface area contributed by atoms with Crippen LogP contribution in [0.5, 0.6) is 0 Å². The first-order valence-corrected chi connectivity index (χ1v) is 8.46. The van der Waals surface area contributed by atoms with Crippen molar-refractivity contribution in [3.05, 3.63) is 28.8 Å². The molecule has 4 nitrogen and oxygen atoms in total. The fraction of sp³-hybridized carbons (Fsp3) is 0.571. The molecular weight excluding hydrogens is 296 g/mol. The largest absolute Gasteiger partial charge is 0.329 e. The van der Waals surface area contributed by atoms with Crippen molar-refractivity contribution < 1.29 is 8.42 Å². The minimum atomic E-state index is -3.64. The third-order valence-electron chi connectivity index (χ3n) is 3.20. The highest BCUT2D eigenvalue weighted by atomic mass is 35.5. The molecule has 0 bridgehead atoms. The lowest BCUT2D eigenvalue weighted by Gasteiger charge is -2.31. The van der Waals surface area contributed by atoms with E-state index in [0.29, 0.717) is 22.9 Å². The van der Waals surface area contributed by atoms with Crippen LogP contribution in [0.2, 0.25) is 5.02 Å². The van der Waals surface area contributed by atoms with Gasteiger partial charge >= 0.3 is 0 Å². The van der Waals surface area contributed by atoms with Gasteiger partial charge in [0.25, 0.3) is 0 Å². The Labute approximate surface area is 126 Å². The van der Waals surface area contributed by atoms with E-state index in [-0.39, 0.29) is 11.4 Å².